The molecule has 1 saturated carbocycles. The SMILES string of the molecule is Nc1cc(NC2CCCC2)cc(S(N)(=O)=O)c1. The quantitative estimate of drug-likeness (QED) is 0.708. The normalized spacial score (nSPS) is 17.2. The predicted octanol–water partition coefficient (Wildman–Crippen LogP) is 1.27. The van der Waals surface area contributed by atoms with Crippen molar-refractivity contribution in [3.05, 3.63) is 18.2 Å². The van der Waals surface area contributed by atoms with E-state index in [1.165, 1.54) is 25.0 Å². The van der Waals surface area contributed by atoms with Gasteiger partial charge in [-0.15, -0.1) is 0 Å². The lowest BCUT2D eigenvalue weighted by atomic mass is 10.2. The second-order valence-corrected chi connectivity index (χ2v) is 6.02. The fraction of sp³-hybridized carbons (Fsp3) is 0.455. The van der Waals surface area contributed by atoms with Crippen LogP contribution in [0.2, 0.25) is 0 Å². The molecule has 1 aromatic carbocycles. The van der Waals surface area contributed by atoms with E-state index in [4.69, 9.17) is 10.9 Å². The van der Waals surface area contributed by atoms with E-state index >= 15 is 0 Å². The Hall–Kier alpha value is -1.27. The summed E-state index contributed by atoms with van der Waals surface area (Å²) in [7, 11) is -3.70. The van der Waals surface area contributed by atoms with Crippen molar-refractivity contribution < 1.29 is 8.42 Å². The van der Waals surface area contributed by atoms with E-state index in [1.54, 1.807) is 6.07 Å². The van der Waals surface area contributed by atoms with Crippen molar-refractivity contribution >= 4 is 21.4 Å². The van der Waals surface area contributed by atoms with Gasteiger partial charge in [-0.3, -0.25) is 0 Å². The van der Waals surface area contributed by atoms with E-state index in [0.29, 0.717) is 11.7 Å². The summed E-state index contributed by atoms with van der Waals surface area (Å²) in [5.74, 6) is 0. The molecule has 1 aliphatic rings. The van der Waals surface area contributed by atoms with Crippen molar-refractivity contribution in [3.63, 3.8) is 0 Å². The van der Waals surface area contributed by atoms with E-state index in [2.05, 4.69) is 5.32 Å². The second kappa shape index (κ2) is 4.54. The minimum Gasteiger partial charge on any atom is -0.399 e. The van der Waals surface area contributed by atoms with Crippen molar-refractivity contribution in [3.8, 4) is 0 Å². The van der Waals surface area contributed by atoms with Crippen LogP contribution < -0.4 is 16.2 Å². The first-order valence-electron chi connectivity index (χ1n) is 5.65. The third-order valence-electron chi connectivity index (χ3n) is 2.98. The summed E-state index contributed by atoms with van der Waals surface area (Å²) < 4.78 is 22.5. The molecule has 1 aromatic rings. The summed E-state index contributed by atoms with van der Waals surface area (Å²) in [4.78, 5) is 0.0537. The summed E-state index contributed by atoms with van der Waals surface area (Å²) in [6.07, 6.45) is 4.64. The summed E-state index contributed by atoms with van der Waals surface area (Å²) in [6, 6.07) is 5.04. The molecule has 0 aromatic heterocycles. The second-order valence-electron chi connectivity index (χ2n) is 4.46. The largest absolute Gasteiger partial charge is 0.399 e. The van der Waals surface area contributed by atoms with Crippen LogP contribution in [0.3, 0.4) is 0 Å². The van der Waals surface area contributed by atoms with Gasteiger partial charge < -0.3 is 11.1 Å². The van der Waals surface area contributed by atoms with Crippen LogP contribution in [-0.4, -0.2) is 14.5 Å². The molecule has 94 valence electrons. The monoisotopic (exact) mass is 255 g/mol. The van der Waals surface area contributed by atoms with Crippen molar-refractivity contribution in [1.82, 2.24) is 0 Å². The minimum absolute atomic E-state index is 0.0537. The van der Waals surface area contributed by atoms with Crippen LogP contribution in [0.5, 0.6) is 0 Å². The van der Waals surface area contributed by atoms with Crippen molar-refractivity contribution in [1.29, 1.82) is 0 Å². The number of anilines is 2. The maximum absolute atomic E-state index is 11.3. The van der Waals surface area contributed by atoms with Crippen LogP contribution in [0, 0.1) is 0 Å². The van der Waals surface area contributed by atoms with Gasteiger partial charge in [-0.05, 0) is 31.0 Å². The first-order valence-corrected chi connectivity index (χ1v) is 7.20. The van der Waals surface area contributed by atoms with Crippen molar-refractivity contribution in [2.75, 3.05) is 11.1 Å². The maximum Gasteiger partial charge on any atom is 0.238 e. The molecule has 0 atom stereocenters. The van der Waals surface area contributed by atoms with E-state index in [0.717, 1.165) is 18.5 Å². The third-order valence-corrected chi connectivity index (χ3v) is 3.88. The summed E-state index contributed by atoms with van der Waals surface area (Å²) in [5.41, 5.74) is 6.79. The zero-order valence-electron chi connectivity index (χ0n) is 9.52. The van der Waals surface area contributed by atoms with E-state index in [-0.39, 0.29) is 4.90 Å². The lowest BCUT2D eigenvalue weighted by molar-refractivity contribution is 0.598. The number of hydrogen-bond donors (Lipinski definition) is 3. The van der Waals surface area contributed by atoms with Crippen LogP contribution in [-0.2, 0) is 10.0 Å². The summed E-state index contributed by atoms with van der Waals surface area (Å²) >= 11 is 0. The first-order chi connectivity index (χ1) is 7.95. The van der Waals surface area contributed by atoms with Gasteiger partial charge in [0.25, 0.3) is 0 Å². The van der Waals surface area contributed by atoms with Crippen LogP contribution in [0.25, 0.3) is 0 Å². The van der Waals surface area contributed by atoms with Gasteiger partial charge in [0.1, 0.15) is 0 Å². The number of nitrogens with one attached hydrogen (secondary N) is 1. The van der Waals surface area contributed by atoms with Crippen LogP contribution >= 0.6 is 0 Å². The Labute approximate surface area is 101 Å². The number of sulfonamides is 1. The number of nitrogens with two attached hydrogens (primary N) is 2. The Bertz CT molecular complexity index is 507. The number of rotatable bonds is 3. The van der Waals surface area contributed by atoms with Crippen LogP contribution in [0.4, 0.5) is 11.4 Å². The van der Waals surface area contributed by atoms with Crippen molar-refractivity contribution in [2.24, 2.45) is 5.14 Å². The van der Waals surface area contributed by atoms with Crippen LogP contribution in [0.15, 0.2) is 23.1 Å². The Kier molecular flexibility index (Phi) is 3.26. The van der Waals surface area contributed by atoms with Gasteiger partial charge >= 0.3 is 0 Å². The van der Waals surface area contributed by atoms with E-state index < -0.39 is 10.0 Å². The Balaban J connectivity index is 2.25. The van der Waals surface area contributed by atoms with Gasteiger partial charge in [-0.2, -0.15) is 0 Å². The Morgan fingerprint density at radius 2 is 1.82 bits per heavy atom. The lowest BCUT2D eigenvalue weighted by Crippen LogP contribution is -2.16. The molecule has 1 fully saturated rings. The zero-order chi connectivity index (χ0) is 12.5. The number of hydrogen-bond acceptors (Lipinski definition) is 4. The molecule has 0 heterocycles. The summed E-state index contributed by atoms with van der Waals surface area (Å²) in [5, 5.41) is 8.39. The average Bonchev–Trinajstić information content (AvgIpc) is 2.68. The zero-order valence-corrected chi connectivity index (χ0v) is 10.3. The molecule has 0 saturated heterocycles. The Morgan fingerprint density at radius 3 is 2.41 bits per heavy atom. The van der Waals surface area contributed by atoms with Crippen LogP contribution in [0.1, 0.15) is 25.7 Å². The molecule has 0 spiro atoms. The molecule has 17 heavy (non-hydrogen) atoms. The molecule has 0 amide bonds. The van der Waals surface area contributed by atoms with E-state index in [1.807, 2.05) is 0 Å². The number of benzene rings is 1. The molecule has 2 rings (SSSR count). The number of nitrogen functional groups attached to an aromatic ring is 1. The van der Waals surface area contributed by atoms with Gasteiger partial charge in [-0.25, -0.2) is 13.6 Å². The first kappa shape index (κ1) is 12.2. The highest BCUT2D eigenvalue weighted by Gasteiger charge is 2.16. The highest BCUT2D eigenvalue weighted by atomic mass is 32.2. The van der Waals surface area contributed by atoms with Gasteiger partial charge in [0.2, 0.25) is 10.0 Å². The number of primary sulfonamides is 1. The molecule has 5 nitrogen and oxygen atoms in total. The molecule has 0 aliphatic heterocycles. The molecular weight excluding hydrogens is 238 g/mol. The smallest absolute Gasteiger partial charge is 0.238 e. The maximum atomic E-state index is 11.3. The highest BCUT2D eigenvalue weighted by Crippen LogP contribution is 2.25. The molecule has 1 aliphatic carbocycles. The average molecular weight is 255 g/mol. The minimum atomic E-state index is -3.70. The fourth-order valence-corrected chi connectivity index (χ4v) is 2.77. The predicted molar refractivity (Wildman–Crippen MR) is 68.1 cm³/mol. The molecule has 0 radical (unpaired) electrons. The van der Waals surface area contributed by atoms with Gasteiger partial charge in [0.15, 0.2) is 0 Å². The highest BCUT2D eigenvalue weighted by molar-refractivity contribution is 7.89. The van der Waals surface area contributed by atoms with Gasteiger partial charge in [0.05, 0.1) is 4.90 Å². The van der Waals surface area contributed by atoms with Gasteiger partial charge in [-0.1, -0.05) is 12.8 Å². The molecule has 5 N–H and O–H groups in total. The summed E-state index contributed by atoms with van der Waals surface area (Å²) in [6.45, 7) is 0. The molecular formula is C11H17N3O2S. The third kappa shape index (κ3) is 3.10. The molecule has 0 bridgehead atoms. The lowest BCUT2D eigenvalue weighted by Gasteiger charge is -2.14. The van der Waals surface area contributed by atoms with Crippen molar-refractivity contribution in [2.45, 2.75) is 36.6 Å². The Morgan fingerprint density at radius 1 is 1.18 bits per heavy atom. The molecule has 6 heteroatoms. The molecule has 0 unspecified atom stereocenters. The fourth-order valence-electron chi connectivity index (χ4n) is 2.18. The standard InChI is InChI=1S/C11H17N3O2S/c12-8-5-10(14-9-3-1-2-4-9)7-11(6-8)17(13,15)16/h5-7,9,14H,1-4,12H2,(H2,13,15,16). The van der Waals surface area contributed by atoms with E-state index in [9.17, 15) is 8.42 Å². The topological polar surface area (TPSA) is 98.2 Å². The van der Waals surface area contributed by atoms with Gasteiger partial charge in [0, 0.05) is 17.4 Å².